The third kappa shape index (κ3) is 7.83. The van der Waals surface area contributed by atoms with Crippen LogP contribution in [0.4, 0.5) is 10.5 Å². The predicted molar refractivity (Wildman–Crippen MR) is 113 cm³/mol. The van der Waals surface area contributed by atoms with Gasteiger partial charge in [0.05, 0.1) is 0 Å². The van der Waals surface area contributed by atoms with Crippen LogP contribution in [0.2, 0.25) is 0 Å². The van der Waals surface area contributed by atoms with E-state index in [1.165, 1.54) is 0 Å². The zero-order valence-electron chi connectivity index (χ0n) is 16.9. The molecule has 0 aliphatic heterocycles. The van der Waals surface area contributed by atoms with Gasteiger partial charge in [-0.2, -0.15) is 0 Å². The highest BCUT2D eigenvalue weighted by Gasteiger charge is 2.20. The number of nitrogens with one attached hydrogen (secondary N) is 3. The average Bonchev–Trinajstić information content (AvgIpc) is 2.77. The number of hydrogen-bond acceptors (Lipinski definition) is 5. The average molecular weight is 413 g/mol. The van der Waals surface area contributed by atoms with Gasteiger partial charge >= 0.3 is 12.1 Å². The number of alkyl carbamates (subject to hydrolysis) is 1. The van der Waals surface area contributed by atoms with E-state index in [2.05, 4.69) is 16.0 Å². The summed E-state index contributed by atoms with van der Waals surface area (Å²) in [6.07, 6.45) is 0.828. The number of anilines is 1. The molecule has 0 saturated heterocycles. The fraction of sp³-hybridized carbons (Fsp3) is 0.318. The van der Waals surface area contributed by atoms with Crippen LogP contribution in [-0.2, 0) is 16.1 Å². The van der Waals surface area contributed by atoms with Gasteiger partial charge in [0.15, 0.2) is 0 Å². The SMILES string of the molecule is CNc1ccc(C(=O)NC(CCCCNC(=O)OCc2ccccc2)C(=O)O)cc1. The van der Waals surface area contributed by atoms with Gasteiger partial charge in [0, 0.05) is 24.8 Å². The van der Waals surface area contributed by atoms with Crippen molar-refractivity contribution in [2.45, 2.75) is 31.9 Å². The van der Waals surface area contributed by atoms with Gasteiger partial charge in [0.2, 0.25) is 0 Å². The molecule has 0 saturated carbocycles. The zero-order chi connectivity index (χ0) is 21.8. The topological polar surface area (TPSA) is 117 Å². The van der Waals surface area contributed by atoms with Crippen LogP contribution in [0.5, 0.6) is 0 Å². The molecular weight excluding hydrogens is 386 g/mol. The molecule has 0 aliphatic carbocycles. The summed E-state index contributed by atoms with van der Waals surface area (Å²) in [5, 5.41) is 17.5. The van der Waals surface area contributed by atoms with E-state index in [-0.39, 0.29) is 13.0 Å². The molecule has 8 nitrogen and oxygen atoms in total. The largest absolute Gasteiger partial charge is 0.480 e. The van der Waals surface area contributed by atoms with Crippen molar-refractivity contribution in [1.29, 1.82) is 0 Å². The summed E-state index contributed by atoms with van der Waals surface area (Å²) in [7, 11) is 1.77. The van der Waals surface area contributed by atoms with Crippen molar-refractivity contribution in [3.63, 3.8) is 0 Å². The quantitative estimate of drug-likeness (QED) is 0.421. The highest BCUT2D eigenvalue weighted by molar-refractivity contribution is 5.96. The molecule has 0 fully saturated rings. The zero-order valence-corrected chi connectivity index (χ0v) is 16.9. The normalized spacial score (nSPS) is 11.2. The van der Waals surface area contributed by atoms with E-state index in [0.29, 0.717) is 24.9 Å². The molecule has 4 N–H and O–H groups in total. The molecule has 1 atom stereocenters. The minimum absolute atomic E-state index is 0.190. The van der Waals surface area contributed by atoms with Crippen molar-refractivity contribution >= 4 is 23.7 Å². The van der Waals surface area contributed by atoms with E-state index in [9.17, 15) is 19.5 Å². The Morgan fingerprint density at radius 2 is 1.70 bits per heavy atom. The van der Waals surface area contributed by atoms with E-state index in [1.54, 1.807) is 31.3 Å². The molecule has 160 valence electrons. The van der Waals surface area contributed by atoms with Crippen LogP contribution in [0.25, 0.3) is 0 Å². The first kappa shape index (κ1) is 22.7. The lowest BCUT2D eigenvalue weighted by Gasteiger charge is -2.15. The number of carboxylic acid groups (broad SMARTS) is 1. The highest BCUT2D eigenvalue weighted by atomic mass is 16.5. The maximum atomic E-state index is 12.3. The molecule has 2 amide bonds. The molecule has 2 aromatic carbocycles. The lowest BCUT2D eigenvalue weighted by Crippen LogP contribution is -2.40. The van der Waals surface area contributed by atoms with Crippen molar-refractivity contribution in [1.82, 2.24) is 10.6 Å². The lowest BCUT2D eigenvalue weighted by atomic mass is 10.1. The van der Waals surface area contributed by atoms with Crippen molar-refractivity contribution < 1.29 is 24.2 Å². The molecule has 2 aromatic rings. The van der Waals surface area contributed by atoms with Gasteiger partial charge in [0.1, 0.15) is 12.6 Å². The summed E-state index contributed by atoms with van der Waals surface area (Å²) in [4.78, 5) is 35.4. The minimum atomic E-state index is -1.09. The Hall–Kier alpha value is -3.55. The summed E-state index contributed by atoms with van der Waals surface area (Å²) in [5.41, 5.74) is 2.15. The number of benzene rings is 2. The number of aliphatic carboxylic acids is 1. The highest BCUT2D eigenvalue weighted by Crippen LogP contribution is 2.10. The van der Waals surface area contributed by atoms with E-state index in [1.807, 2.05) is 30.3 Å². The molecule has 0 spiro atoms. The Kier molecular flexibility index (Phi) is 9.18. The van der Waals surface area contributed by atoms with E-state index in [0.717, 1.165) is 11.3 Å². The van der Waals surface area contributed by atoms with Gasteiger partial charge in [-0.1, -0.05) is 30.3 Å². The van der Waals surface area contributed by atoms with Crippen LogP contribution >= 0.6 is 0 Å². The number of carboxylic acids is 1. The van der Waals surface area contributed by atoms with Gasteiger partial charge in [-0.25, -0.2) is 9.59 Å². The molecule has 0 heterocycles. The smallest absolute Gasteiger partial charge is 0.407 e. The monoisotopic (exact) mass is 413 g/mol. The Morgan fingerprint density at radius 1 is 1.00 bits per heavy atom. The molecule has 0 radical (unpaired) electrons. The fourth-order valence-corrected chi connectivity index (χ4v) is 2.73. The van der Waals surface area contributed by atoms with Gasteiger partial charge in [-0.3, -0.25) is 4.79 Å². The first-order valence-electron chi connectivity index (χ1n) is 9.75. The summed E-state index contributed by atoms with van der Waals surface area (Å²) in [6, 6.07) is 15.1. The number of amides is 2. The molecule has 2 rings (SSSR count). The maximum Gasteiger partial charge on any atom is 0.407 e. The maximum absolute atomic E-state index is 12.3. The third-order valence-corrected chi connectivity index (χ3v) is 4.44. The van der Waals surface area contributed by atoms with Crippen LogP contribution in [0.15, 0.2) is 54.6 Å². The first-order valence-corrected chi connectivity index (χ1v) is 9.75. The van der Waals surface area contributed by atoms with Gasteiger partial charge in [-0.05, 0) is 49.1 Å². The molecule has 8 heteroatoms. The number of hydrogen-bond donors (Lipinski definition) is 4. The summed E-state index contributed by atoms with van der Waals surface area (Å²) in [6.45, 7) is 0.550. The van der Waals surface area contributed by atoms with Crippen LogP contribution in [-0.4, -0.2) is 42.7 Å². The fourth-order valence-electron chi connectivity index (χ4n) is 2.73. The third-order valence-electron chi connectivity index (χ3n) is 4.44. The van der Waals surface area contributed by atoms with Crippen molar-refractivity contribution in [2.75, 3.05) is 18.9 Å². The molecular formula is C22H27N3O5. The molecule has 1 unspecified atom stereocenters. The molecule has 0 bridgehead atoms. The van der Waals surface area contributed by atoms with Gasteiger partial charge < -0.3 is 25.8 Å². The summed E-state index contributed by atoms with van der Waals surface area (Å²) in [5.74, 6) is -1.53. The van der Waals surface area contributed by atoms with Crippen LogP contribution in [0.1, 0.15) is 35.2 Å². The van der Waals surface area contributed by atoms with Crippen LogP contribution in [0.3, 0.4) is 0 Å². The van der Waals surface area contributed by atoms with E-state index >= 15 is 0 Å². The second kappa shape index (κ2) is 12.1. The Labute approximate surface area is 175 Å². The van der Waals surface area contributed by atoms with Crippen molar-refractivity contribution in [3.05, 3.63) is 65.7 Å². The number of ether oxygens (including phenoxy) is 1. The summed E-state index contributed by atoms with van der Waals surface area (Å²) < 4.78 is 5.11. The minimum Gasteiger partial charge on any atom is -0.480 e. The molecule has 0 aromatic heterocycles. The first-order chi connectivity index (χ1) is 14.5. The Morgan fingerprint density at radius 3 is 2.33 bits per heavy atom. The number of unbranched alkanes of at least 4 members (excludes halogenated alkanes) is 1. The lowest BCUT2D eigenvalue weighted by molar-refractivity contribution is -0.139. The van der Waals surface area contributed by atoms with Crippen LogP contribution in [0, 0.1) is 0 Å². The van der Waals surface area contributed by atoms with Crippen molar-refractivity contribution in [2.24, 2.45) is 0 Å². The molecule has 30 heavy (non-hydrogen) atoms. The van der Waals surface area contributed by atoms with Crippen molar-refractivity contribution in [3.8, 4) is 0 Å². The number of rotatable bonds is 11. The Bertz CT molecular complexity index is 824. The number of carbonyl (C=O) groups is 3. The molecule has 0 aliphatic rings. The second-order valence-corrected chi connectivity index (χ2v) is 6.68. The number of carbonyl (C=O) groups excluding carboxylic acids is 2. The predicted octanol–water partition coefficient (Wildman–Crippen LogP) is 3.01. The van der Waals surface area contributed by atoms with Gasteiger partial charge in [-0.15, -0.1) is 0 Å². The summed E-state index contributed by atoms with van der Waals surface area (Å²) >= 11 is 0. The van der Waals surface area contributed by atoms with Crippen LogP contribution < -0.4 is 16.0 Å². The van der Waals surface area contributed by atoms with E-state index in [4.69, 9.17) is 4.74 Å². The Balaban J connectivity index is 1.67. The second-order valence-electron chi connectivity index (χ2n) is 6.68. The van der Waals surface area contributed by atoms with Gasteiger partial charge in [0.25, 0.3) is 5.91 Å². The van der Waals surface area contributed by atoms with E-state index < -0.39 is 24.0 Å². The standard InChI is InChI=1S/C22H27N3O5/c1-23-18-12-10-17(11-13-18)20(26)25-19(21(27)28)9-5-6-14-24-22(29)30-15-16-7-3-2-4-8-16/h2-4,7-8,10-13,19,23H,5-6,9,14-15H2,1H3,(H,24,29)(H,25,26)(H,27,28).